The first-order valence-electron chi connectivity index (χ1n) is 5.72. The fourth-order valence-corrected chi connectivity index (χ4v) is 1.47. The molecule has 1 aromatic rings. The zero-order valence-corrected chi connectivity index (χ0v) is 10.7. The van der Waals surface area contributed by atoms with Crippen molar-refractivity contribution in [3.05, 3.63) is 11.8 Å². The third-order valence-electron chi connectivity index (χ3n) is 2.60. The number of anilines is 1. The predicted molar refractivity (Wildman–Crippen MR) is 66.4 cm³/mol. The Bertz CT molecular complexity index is 422. The van der Waals surface area contributed by atoms with Crippen LogP contribution in [0, 0.1) is 6.92 Å². The summed E-state index contributed by atoms with van der Waals surface area (Å²) in [6.45, 7) is 3.69. The van der Waals surface area contributed by atoms with Crippen LogP contribution in [0.4, 0.5) is 10.6 Å². The standard InChI is InChI=1S/C11H18N4O3/c1-4-8(6-10(16)17)12-11(18)13-9-5-7(2)15(3)14-9/h5,8H,4,6H2,1-3H3,(H,16,17)(H2,12,13,14,18). The van der Waals surface area contributed by atoms with Crippen LogP contribution < -0.4 is 10.6 Å². The van der Waals surface area contributed by atoms with E-state index in [9.17, 15) is 9.59 Å². The van der Waals surface area contributed by atoms with Gasteiger partial charge < -0.3 is 10.4 Å². The maximum Gasteiger partial charge on any atom is 0.320 e. The van der Waals surface area contributed by atoms with Gasteiger partial charge in [0.2, 0.25) is 0 Å². The highest BCUT2D eigenvalue weighted by Crippen LogP contribution is 2.06. The summed E-state index contributed by atoms with van der Waals surface area (Å²) in [6.07, 6.45) is 0.464. The first kappa shape index (κ1) is 14.0. The number of urea groups is 1. The third kappa shape index (κ3) is 4.08. The Labute approximate surface area is 105 Å². The fraction of sp³-hybridized carbons (Fsp3) is 0.545. The van der Waals surface area contributed by atoms with Gasteiger partial charge in [-0.15, -0.1) is 0 Å². The molecule has 7 heteroatoms. The highest BCUT2D eigenvalue weighted by Gasteiger charge is 2.14. The third-order valence-corrected chi connectivity index (χ3v) is 2.60. The molecule has 0 aliphatic carbocycles. The molecule has 100 valence electrons. The average molecular weight is 254 g/mol. The van der Waals surface area contributed by atoms with Crippen LogP contribution in [0.1, 0.15) is 25.5 Å². The molecule has 1 atom stereocenters. The number of carboxylic acids is 1. The minimum Gasteiger partial charge on any atom is -0.481 e. The molecule has 0 radical (unpaired) electrons. The van der Waals surface area contributed by atoms with Crippen molar-refractivity contribution in [1.82, 2.24) is 15.1 Å². The normalized spacial score (nSPS) is 11.9. The number of rotatable bonds is 5. The van der Waals surface area contributed by atoms with Crippen molar-refractivity contribution in [2.24, 2.45) is 7.05 Å². The number of hydrogen-bond acceptors (Lipinski definition) is 3. The molecule has 0 spiro atoms. The molecule has 1 heterocycles. The van der Waals surface area contributed by atoms with Crippen LogP contribution >= 0.6 is 0 Å². The molecule has 0 aliphatic heterocycles. The second kappa shape index (κ2) is 6.04. The zero-order chi connectivity index (χ0) is 13.7. The van der Waals surface area contributed by atoms with Crippen LogP contribution in [-0.4, -0.2) is 32.9 Å². The molecular weight excluding hydrogens is 236 g/mol. The Balaban J connectivity index is 2.52. The Morgan fingerprint density at radius 2 is 2.22 bits per heavy atom. The van der Waals surface area contributed by atoms with Crippen LogP contribution in [0.15, 0.2) is 6.07 Å². The summed E-state index contributed by atoms with van der Waals surface area (Å²) in [5.41, 5.74) is 0.919. The lowest BCUT2D eigenvalue weighted by Gasteiger charge is -2.14. The van der Waals surface area contributed by atoms with Gasteiger partial charge in [-0.1, -0.05) is 6.92 Å². The second-order valence-corrected chi connectivity index (χ2v) is 4.10. The molecule has 0 saturated carbocycles. The van der Waals surface area contributed by atoms with Gasteiger partial charge in [0, 0.05) is 24.8 Å². The molecule has 7 nitrogen and oxygen atoms in total. The maximum absolute atomic E-state index is 11.6. The molecule has 0 aliphatic rings. The lowest BCUT2D eigenvalue weighted by atomic mass is 10.1. The van der Waals surface area contributed by atoms with Gasteiger partial charge in [-0.25, -0.2) is 4.79 Å². The summed E-state index contributed by atoms with van der Waals surface area (Å²) in [4.78, 5) is 22.2. The number of carbonyl (C=O) groups is 2. The fourth-order valence-electron chi connectivity index (χ4n) is 1.47. The van der Waals surface area contributed by atoms with E-state index in [-0.39, 0.29) is 12.5 Å². The van der Waals surface area contributed by atoms with Crippen LogP contribution in [0.5, 0.6) is 0 Å². The van der Waals surface area contributed by atoms with Gasteiger partial charge in [-0.2, -0.15) is 5.10 Å². The van der Waals surface area contributed by atoms with Gasteiger partial charge in [0.1, 0.15) is 0 Å². The molecule has 1 rings (SSSR count). The topological polar surface area (TPSA) is 96.3 Å². The summed E-state index contributed by atoms with van der Waals surface area (Å²) >= 11 is 0. The van der Waals surface area contributed by atoms with Gasteiger partial charge in [0.25, 0.3) is 0 Å². The van der Waals surface area contributed by atoms with E-state index in [2.05, 4.69) is 15.7 Å². The average Bonchev–Trinajstić information content (AvgIpc) is 2.56. The Kier molecular flexibility index (Phi) is 4.70. The van der Waals surface area contributed by atoms with Crippen molar-refractivity contribution in [3.8, 4) is 0 Å². The van der Waals surface area contributed by atoms with Gasteiger partial charge in [0.15, 0.2) is 5.82 Å². The van der Waals surface area contributed by atoms with Gasteiger partial charge in [0.05, 0.1) is 6.42 Å². The lowest BCUT2D eigenvalue weighted by molar-refractivity contribution is -0.137. The molecule has 0 fully saturated rings. The number of hydrogen-bond donors (Lipinski definition) is 3. The van der Waals surface area contributed by atoms with Gasteiger partial charge in [-0.05, 0) is 13.3 Å². The van der Waals surface area contributed by atoms with E-state index in [0.717, 1.165) is 5.69 Å². The molecule has 0 bridgehead atoms. The minimum absolute atomic E-state index is 0.0921. The summed E-state index contributed by atoms with van der Waals surface area (Å²) in [7, 11) is 1.78. The van der Waals surface area contributed by atoms with E-state index in [4.69, 9.17) is 5.11 Å². The number of amides is 2. The number of aryl methyl sites for hydroxylation is 2. The first-order valence-corrected chi connectivity index (χ1v) is 5.72. The Morgan fingerprint density at radius 1 is 1.56 bits per heavy atom. The molecule has 3 N–H and O–H groups in total. The van der Waals surface area contributed by atoms with Crippen LogP contribution in [0.2, 0.25) is 0 Å². The van der Waals surface area contributed by atoms with E-state index in [1.165, 1.54) is 0 Å². The summed E-state index contributed by atoms with van der Waals surface area (Å²) < 4.78 is 1.64. The van der Waals surface area contributed by atoms with Crippen molar-refractivity contribution in [3.63, 3.8) is 0 Å². The number of aliphatic carboxylic acids is 1. The van der Waals surface area contributed by atoms with Crippen molar-refractivity contribution in [2.45, 2.75) is 32.7 Å². The van der Waals surface area contributed by atoms with E-state index < -0.39 is 12.0 Å². The summed E-state index contributed by atoms with van der Waals surface area (Å²) in [6, 6.07) is 0.908. The molecule has 18 heavy (non-hydrogen) atoms. The zero-order valence-electron chi connectivity index (χ0n) is 10.7. The minimum atomic E-state index is -0.934. The summed E-state index contributed by atoms with van der Waals surface area (Å²) in [5, 5.41) is 17.9. The van der Waals surface area contributed by atoms with Gasteiger partial charge in [-0.3, -0.25) is 14.8 Å². The highest BCUT2D eigenvalue weighted by molar-refractivity contribution is 5.88. The number of nitrogens with one attached hydrogen (secondary N) is 2. The SMILES string of the molecule is CCC(CC(=O)O)NC(=O)Nc1cc(C)n(C)n1. The van der Waals surface area contributed by atoms with Crippen molar-refractivity contribution in [2.75, 3.05) is 5.32 Å². The largest absolute Gasteiger partial charge is 0.481 e. The lowest BCUT2D eigenvalue weighted by Crippen LogP contribution is -2.39. The van der Waals surface area contributed by atoms with Gasteiger partial charge >= 0.3 is 12.0 Å². The number of nitrogens with zero attached hydrogens (tertiary/aromatic N) is 2. The van der Waals surface area contributed by atoms with E-state index in [1.807, 2.05) is 13.8 Å². The molecule has 1 aromatic heterocycles. The predicted octanol–water partition coefficient (Wildman–Crippen LogP) is 1.10. The number of carboxylic acid groups (broad SMARTS) is 1. The van der Waals surface area contributed by atoms with E-state index in [1.54, 1.807) is 17.8 Å². The van der Waals surface area contributed by atoms with Crippen molar-refractivity contribution in [1.29, 1.82) is 0 Å². The highest BCUT2D eigenvalue weighted by atomic mass is 16.4. The Morgan fingerprint density at radius 3 is 2.67 bits per heavy atom. The first-order chi connectivity index (χ1) is 8.42. The van der Waals surface area contributed by atoms with E-state index in [0.29, 0.717) is 12.2 Å². The quantitative estimate of drug-likeness (QED) is 0.733. The number of carbonyl (C=O) groups excluding carboxylic acids is 1. The molecule has 0 aromatic carbocycles. The second-order valence-electron chi connectivity index (χ2n) is 4.10. The van der Waals surface area contributed by atoms with Crippen molar-refractivity contribution >= 4 is 17.8 Å². The molecular formula is C11H18N4O3. The summed E-state index contributed by atoms with van der Waals surface area (Å²) in [5.74, 6) is -0.492. The molecule has 2 amide bonds. The monoisotopic (exact) mass is 254 g/mol. The maximum atomic E-state index is 11.6. The van der Waals surface area contributed by atoms with Crippen LogP contribution in [-0.2, 0) is 11.8 Å². The Hall–Kier alpha value is -2.05. The molecule has 0 saturated heterocycles. The number of aromatic nitrogens is 2. The van der Waals surface area contributed by atoms with Crippen molar-refractivity contribution < 1.29 is 14.7 Å². The smallest absolute Gasteiger partial charge is 0.320 e. The van der Waals surface area contributed by atoms with E-state index >= 15 is 0 Å². The molecule has 1 unspecified atom stereocenters. The van der Waals surface area contributed by atoms with Crippen LogP contribution in [0.25, 0.3) is 0 Å². The van der Waals surface area contributed by atoms with Crippen LogP contribution in [0.3, 0.4) is 0 Å².